The fourth-order valence-corrected chi connectivity index (χ4v) is 4.75. The fourth-order valence-electron chi connectivity index (χ4n) is 4.75. The van der Waals surface area contributed by atoms with Crippen LogP contribution in [-0.4, -0.2) is 25.2 Å². The van der Waals surface area contributed by atoms with Crippen LogP contribution in [0.3, 0.4) is 0 Å². The molecule has 110 valence electrons. The van der Waals surface area contributed by atoms with Crippen LogP contribution in [0.5, 0.6) is 0 Å². The number of hydrogen-bond acceptors (Lipinski definition) is 2. The molecule has 0 aromatic carbocycles. The Labute approximate surface area is 119 Å². The summed E-state index contributed by atoms with van der Waals surface area (Å²) >= 11 is 0. The van der Waals surface area contributed by atoms with Gasteiger partial charge in [-0.15, -0.1) is 0 Å². The fraction of sp³-hybridized carbons (Fsp3) is 1.00. The zero-order valence-electron chi connectivity index (χ0n) is 12.5. The molecule has 3 fully saturated rings. The van der Waals surface area contributed by atoms with Crippen molar-refractivity contribution < 1.29 is 0 Å². The maximum Gasteiger partial charge on any atom is 0.0111 e. The van der Waals surface area contributed by atoms with Crippen LogP contribution in [0, 0.1) is 11.8 Å². The second kappa shape index (κ2) is 7.08. The highest BCUT2D eigenvalue weighted by Crippen LogP contribution is 2.32. The normalized spacial score (nSPS) is 36.9. The first-order valence-corrected chi connectivity index (χ1v) is 8.90. The summed E-state index contributed by atoms with van der Waals surface area (Å²) in [5.74, 6) is 1.96. The van der Waals surface area contributed by atoms with Gasteiger partial charge in [0.25, 0.3) is 0 Å². The smallest absolute Gasteiger partial charge is 0.0111 e. The van der Waals surface area contributed by atoms with Gasteiger partial charge < -0.3 is 10.6 Å². The van der Waals surface area contributed by atoms with Crippen molar-refractivity contribution in [3.8, 4) is 0 Å². The van der Waals surface area contributed by atoms with Crippen molar-refractivity contribution in [2.24, 2.45) is 11.8 Å². The van der Waals surface area contributed by atoms with Crippen LogP contribution in [0.4, 0.5) is 0 Å². The molecule has 2 saturated carbocycles. The Morgan fingerprint density at radius 1 is 0.842 bits per heavy atom. The summed E-state index contributed by atoms with van der Waals surface area (Å²) in [7, 11) is 0. The van der Waals surface area contributed by atoms with E-state index in [4.69, 9.17) is 0 Å². The highest BCUT2D eigenvalue weighted by Gasteiger charge is 2.34. The third-order valence-corrected chi connectivity index (χ3v) is 5.87. The van der Waals surface area contributed by atoms with E-state index >= 15 is 0 Å². The van der Waals surface area contributed by atoms with E-state index in [1.54, 1.807) is 0 Å². The van der Waals surface area contributed by atoms with Crippen LogP contribution in [0.2, 0.25) is 0 Å². The van der Waals surface area contributed by atoms with Crippen molar-refractivity contribution in [2.45, 2.75) is 82.7 Å². The molecule has 0 radical (unpaired) electrons. The van der Waals surface area contributed by atoms with E-state index in [-0.39, 0.29) is 0 Å². The van der Waals surface area contributed by atoms with Crippen LogP contribution in [0.15, 0.2) is 0 Å². The maximum atomic E-state index is 3.92. The van der Waals surface area contributed by atoms with Gasteiger partial charge in [-0.3, -0.25) is 0 Å². The summed E-state index contributed by atoms with van der Waals surface area (Å²) in [5.41, 5.74) is 0. The minimum absolute atomic E-state index is 0.819. The van der Waals surface area contributed by atoms with Gasteiger partial charge in [0.15, 0.2) is 0 Å². The second-order valence-electron chi connectivity index (χ2n) is 7.15. The summed E-state index contributed by atoms with van der Waals surface area (Å²) < 4.78 is 0. The van der Waals surface area contributed by atoms with Crippen LogP contribution < -0.4 is 10.6 Å². The molecule has 3 aliphatic rings. The predicted molar refractivity (Wildman–Crippen MR) is 81.3 cm³/mol. The Hall–Kier alpha value is -0.0800. The number of hydrogen-bond donors (Lipinski definition) is 2. The van der Waals surface area contributed by atoms with Gasteiger partial charge in [-0.25, -0.2) is 0 Å². The minimum atomic E-state index is 0.819. The molecule has 0 spiro atoms. The highest BCUT2D eigenvalue weighted by molar-refractivity contribution is 4.93. The Bertz CT molecular complexity index is 254. The van der Waals surface area contributed by atoms with Crippen molar-refractivity contribution in [2.75, 3.05) is 13.1 Å². The third kappa shape index (κ3) is 3.72. The Kier molecular flexibility index (Phi) is 5.17. The SMILES string of the molecule is C1CCC(CCNC2CCCC2C2CCCN2)CC1. The number of rotatable bonds is 5. The average Bonchev–Trinajstić information content (AvgIpc) is 3.10. The van der Waals surface area contributed by atoms with E-state index in [0.29, 0.717) is 0 Å². The largest absolute Gasteiger partial charge is 0.314 e. The van der Waals surface area contributed by atoms with E-state index in [2.05, 4.69) is 10.6 Å². The molecule has 2 nitrogen and oxygen atoms in total. The third-order valence-electron chi connectivity index (χ3n) is 5.87. The van der Waals surface area contributed by atoms with Gasteiger partial charge in [-0.2, -0.15) is 0 Å². The molecule has 3 unspecified atom stereocenters. The van der Waals surface area contributed by atoms with Gasteiger partial charge >= 0.3 is 0 Å². The van der Waals surface area contributed by atoms with Crippen molar-refractivity contribution in [3.05, 3.63) is 0 Å². The molecular formula is C17H32N2. The maximum absolute atomic E-state index is 3.92. The molecule has 2 heteroatoms. The van der Waals surface area contributed by atoms with Gasteiger partial charge in [-0.1, -0.05) is 38.5 Å². The summed E-state index contributed by atoms with van der Waals surface area (Å²) in [6.45, 7) is 2.54. The molecule has 0 aromatic heterocycles. The van der Waals surface area contributed by atoms with Crippen molar-refractivity contribution >= 4 is 0 Å². The molecule has 3 atom stereocenters. The van der Waals surface area contributed by atoms with Crippen LogP contribution in [-0.2, 0) is 0 Å². The Balaban J connectivity index is 1.38. The Morgan fingerprint density at radius 3 is 2.53 bits per heavy atom. The van der Waals surface area contributed by atoms with Crippen LogP contribution in [0.25, 0.3) is 0 Å². The minimum Gasteiger partial charge on any atom is -0.314 e. The summed E-state index contributed by atoms with van der Waals surface area (Å²) in [5, 5.41) is 7.64. The van der Waals surface area contributed by atoms with Gasteiger partial charge in [-0.05, 0) is 57.0 Å². The lowest BCUT2D eigenvalue weighted by atomic mass is 9.87. The molecule has 1 aliphatic heterocycles. The van der Waals surface area contributed by atoms with Crippen molar-refractivity contribution in [1.29, 1.82) is 0 Å². The highest BCUT2D eigenvalue weighted by atomic mass is 15.0. The van der Waals surface area contributed by atoms with E-state index in [1.165, 1.54) is 83.7 Å². The lowest BCUT2D eigenvalue weighted by molar-refractivity contribution is 0.294. The first-order valence-electron chi connectivity index (χ1n) is 8.90. The van der Waals surface area contributed by atoms with Gasteiger partial charge in [0, 0.05) is 12.1 Å². The van der Waals surface area contributed by atoms with E-state index < -0.39 is 0 Å². The van der Waals surface area contributed by atoms with Crippen molar-refractivity contribution in [1.82, 2.24) is 10.6 Å². The molecule has 0 bridgehead atoms. The Morgan fingerprint density at radius 2 is 1.74 bits per heavy atom. The molecule has 0 amide bonds. The first-order chi connectivity index (χ1) is 9.43. The topological polar surface area (TPSA) is 24.1 Å². The standard InChI is InChI=1S/C17H32N2/c1-2-6-14(7-3-1)11-13-19-16-9-4-8-15(16)17-10-5-12-18-17/h14-19H,1-13H2. The molecular weight excluding hydrogens is 232 g/mol. The quantitative estimate of drug-likeness (QED) is 0.794. The first kappa shape index (κ1) is 13.9. The average molecular weight is 264 g/mol. The van der Waals surface area contributed by atoms with Crippen LogP contribution in [0.1, 0.15) is 70.6 Å². The van der Waals surface area contributed by atoms with Gasteiger partial charge in [0.1, 0.15) is 0 Å². The monoisotopic (exact) mass is 264 g/mol. The van der Waals surface area contributed by atoms with Crippen molar-refractivity contribution in [3.63, 3.8) is 0 Å². The number of nitrogens with one attached hydrogen (secondary N) is 2. The zero-order valence-corrected chi connectivity index (χ0v) is 12.5. The molecule has 2 N–H and O–H groups in total. The molecule has 3 rings (SSSR count). The van der Waals surface area contributed by atoms with Gasteiger partial charge in [0.2, 0.25) is 0 Å². The summed E-state index contributed by atoms with van der Waals surface area (Å²) in [6.07, 6.45) is 16.0. The zero-order chi connectivity index (χ0) is 12.9. The molecule has 0 aromatic rings. The summed E-state index contributed by atoms with van der Waals surface area (Å²) in [6, 6.07) is 1.65. The van der Waals surface area contributed by atoms with Crippen LogP contribution >= 0.6 is 0 Å². The molecule has 1 heterocycles. The molecule has 2 aliphatic carbocycles. The van der Waals surface area contributed by atoms with E-state index in [9.17, 15) is 0 Å². The lowest BCUT2D eigenvalue weighted by Crippen LogP contribution is -2.42. The summed E-state index contributed by atoms with van der Waals surface area (Å²) in [4.78, 5) is 0. The van der Waals surface area contributed by atoms with E-state index in [0.717, 1.165) is 23.9 Å². The van der Waals surface area contributed by atoms with Gasteiger partial charge in [0.05, 0.1) is 0 Å². The molecule has 19 heavy (non-hydrogen) atoms. The molecule has 1 saturated heterocycles. The van der Waals surface area contributed by atoms with E-state index in [1.807, 2.05) is 0 Å². The lowest BCUT2D eigenvalue weighted by Gasteiger charge is -2.28. The second-order valence-corrected chi connectivity index (χ2v) is 7.15. The predicted octanol–water partition coefficient (Wildman–Crippen LogP) is 3.47.